The van der Waals surface area contributed by atoms with Crippen LogP contribution in [0, 0.1) is 10.1 Å². The zero-order chi connectivity index (χ0) is 10.6. The lowest BCUT2D eigenvalue weighted by molar-refractivity contribution is -0.386. The second-order valence-corrected chi connectivity index (χ2v) is 3.46. The van der Waals surface area contributed by atoms with Crippen LogP contribution in [0.15, 0.2) is 24.3 Å². The highest BCUT2D eigenvalue weighted by atomic mass is 79.9. The van der Waals surface area contributed by atoms with Crippen LogP contribution in [0.25, 0.3) is 0 Å². The van der Waals surface area contributed by atoms with Crippen LogP contribution in [-0.4, -0.2) is 16.4 Å². The molecule has 0 spiro atoms. The van der Waals surface area contributed by atoms with E-state index in [1.165, 1.54) is 6.07 Å². The molecule has 0 saturated carbocycles. The predicted octanol–water partition coefficient (Wildman–Crippen LogP) is 2.76. The SMILES string of the molecule is CC(CBr)Oc1ccccc1[N+](=O)[O-]. The van der Waals surface area contributed by atoms with Gasteiger partial charge in [0.2, 0.25) is 0 Å². The summed E-state index contributed by atoms with van der Waals surface area (Å²) in [6.45, 7) is 1.84. The van der Waals surface area contributed by atoms with Crippen molar-refractivity contribution in [3.63, 3.8) is 0 Å². The Morgan fingerprint density at radius 2 is 2.21 bits per heavy atom. The molecule has 0 radical (unpaired) electrons. The fourth-order valence-corrected chi connectivity index (χ4v) is 1.09. The Balaban J connectivity index is 2.90. The second kappa shape index (κ2) is 4.95. The van der Waals surface area contributed by atoms with Gasteiger partial charge in [-0.3, -0.25) is 10.1 Å². The Morgan fingerprint density at radius 3 is 2.79 bits per heavy atom. The Hall–Kier alpha value is -1.10. The minimum absolute atomic E-state index is 0.000278. The molecule has 1 unspecified atom stereocenters. The number of benzene rings is 1. The summed E-state index contributed by atoms with van der Waals surface area (Å²) in [5.41, 5.74) is 0.000278. The molecule has 0 saturated heterocycles. The van der Waals surface area contributed by atoms with E-state index in [0.29, 0.717) is 11.1 Å². The average Bonchev–Trinajstić information content (AvgIpc) is 2.18. The standard InChI is InChI=1S/C9H10BrNO3/c1-7(6-10)14-9-5-3-2-4-8(9)11(12)13/h2-5,7H,6H2,1H3. The number of nitro groups is 1. The van der Waals surface area contributed by atoms with Crippen LogP contribution in [0.4, 0.5) is 5.69 Å². The summed E-state index contributed by atoms with van der Waals surface area (Å²) < 4.78 is 5.37. The predicted molar refractivity (Wildman–Crippen MR) is 57.0 cm³/mol. The van der Waals surface area contributed by atoms with E-state index < -0.39 is 4.92 Å². The molecule has 0 fully saturated rings. The van der Waals surface area contributed by atoms with E-state index in [4.69, 9.17) is 4.74 Å². The fourth-order valence-electron chi connectivity index (χ4n) is 0.956. The van der Waals surface area contributed by atoms with Crippen molar-refractivity contribution in [3.8, 4) is 5.75 Å². The third kappa shape index (κ3) is 2.70. The van der Waals surface area contributed by atoms with Gasteiger partial charge in [0.1, 0.15) is 6.10 Å². The van der Waals surface area contributed by atoms with E-state index in [-0.39, 0.29) is 11.8 Å². The zero-order valence-electron chi connectivity index (χ0n) is 7.64. The maximum absolute atomic E-state index is 10.6. The molecule has 0 aliphatic carbocycles. The molecule has 0 amide bonds. The Kier molecular flexibility index (Phi) is 3.88. The summed E-state index contributed by atoms with van der Waals surface area (Å²) in [5, 5.41) is 11.2. The van der Waals surface area contributed by atoms with Crippen LogP contribution >= 0.6 is 15.9 Å². The molecule has 5 heteroatoms. The summed E-state index contributed by atoms with van der Waals surface area (Å²) in [4.78, 5) is 10.2. The highest BCUT2D eigenvalue weighted by molar-refractivity contribution is 9.09. The van der Waals surface area contributed by atoms with Gasteiger partial charge >= 0.3 is 5.69 Å². The summed E-state index contributed by atoms with van der Waals surface area (Å²) in [5.74, 6) is 0.310. The van der Waals surface area contributed by atoms with E-state index in [1.807, 2.05) is 6.92 Å². The number of ether oxygens (including phenoxy) is 1. The van der Waals surface area contributed by atoms with Gasteiger partial charge in [-0.15, -0.1) is 0 Å². The normalized spacial score (nSPS) is 12.1. The van der Waals surface area contributed by atoms with E-state index in [1.54, 1.807) is 18.2 Å². The molecule has 1 atom stereocenters. The molecule has 1 aromatic rings. The van der Waals surface area contributed by atoms with Gasteiger partial charge in [-0.25, -0.2) is 0 Å². The minimum Gasteiger partial charge on any atom is -0.483 e. The summed E-state index contributed by atoms with van der Waals surface area (Å²) in [7, 11) is 0. The van der Waals surface area contributed by atoms with Crippen molar-refractivity contribution in [2.45, 2.75) is 13.0 Å². The highest BCUT2D eigenvalue weighted by Crippen LogP contribution is 2.26. The molecule has 0 aromatic heterocycles. The number of alkyl halides is 1. The third-order valence-corrected chi connectivity index (χ3v) is 2.52. The number of nitrogens with zero attached hydrogens (tertiary/aromatic N) is 1. The monoisotopic (exact) mass is 259 g/mol. The lowest BCUT2D eigenvalue weighted by atomic mass is 10.3. The molecule has 14 heavy (non-hydrogen) atoms. The number of hydrogen-bond acceptors (Lipinski definition) is 3. The summed E-state index contributed by atoms with van der Waals surface area (Å²) in [6, 6.07) is 6.35. The van der Waals surface area contributed by atoms with E-state index in [9.17, 15) is 10.1 Å². The molecule has 76 valence electrons. The smallest absolute Gasteiger partial charge is 0.310 e. The first kappa shape index (κ1) is 11.0. The van der Waals surface area contributed by atoms with Crippen molar-refractivity contribution >= 4 is 21.6 Å². The number of rotatable bonds is 4. The molecule has 1 aromatic carbocycles. The van der Waals surface area contributed by atoms with Crippen LogP contribution < -0.4 is 4.74 Å². The van der Waals surface area contributed by atoms with Crippen molar-refractivity contribution < 1.29 is 9.66 Å². The third-order valence-electron chi connectivity index (χ3n) is 1.61. The fraction of sp³-hybridized carbons (Fsp3) is 0.333. The van der Waals surface area contributed by atoms with Crippen molar-refractivity contribution in [1.82, 2.24) is 0 Å². The van der Waals surface area contributed by atoms with Crippen LogP contribution in [0.2, 0.25) is 0 Å². The van der Waals surface area contributed by atoms with E-state index in [2.05, 4.69) is 15.9 Å². The van der Waals surface area contributed by atoms with Crippen LogP contribution in [0.3, 0.4) is 0 Å². The number of hydrogen-bond donors (Lipinski definition) is 0. The second-order valence-electron chi connectivity index (χ2n) is 2.81. The van der Waals surface area contributed by atoms with Gasteiger partial charge in [0.25, 0.3) is 0 Å². The van der Waals surface area contributed by atoms with E-state index >= 15 is 0 Å². The number of halogens is 1. The van der Waals surface area contributed by atoms with E-state index in [0.717, 1.165) is 0 Å². The quantitative estimate of drug-likeness (QED) is 0.475. The molecule has 1 rings (SSSR count). The Bertz CT molecular complexity index is 330. The van der Waals surface area contributed by atoms with Crippen molar-refractivity contribution in [1.29, 1.82) is 0 Å². The lowest BCUT2D eigenvalue weighted by Gasteiger charge is -2.11. The van der Waals surface area contributed by atoms with Crippen molar-refractivity contribution in [2.75, 3.05) is 5.33 Å². The first-order valence-corrected chi connectivity index (χ1v) is 5.23. The van der Waals surface area contributed by atoms with Gasteiger partial charge in [0.15, 0.2) is 5.75 Å². The molecular weight excluding hydrogens is 250 g/mol. The van der Waals surface area contributed by atoms with Gasteiger partial charge < -0.3 is 4.74 Å². The number of para-hydroxylation sites is 2. The molecule has 0 N–H and O–H groups in total. The topological polar surface area (TPSA) is 52.4 Å². The van der Waals surface area contributed by atoms with Gasteiger partial charge in [0.05, 0.1) is 4.92 Å². The van der Waals surface area contributed by atoms with Crippen LogP contribution in [0.1, 0.15) is 6.92 Å². The molecular formula is C9H10BrNO3. The first-order chi connectivity index (χ1) is 6.65. The maximum atomic E-state index is 10.6. The summed E-state index contributed by atoms with van der Waals surface area (Å²) in [6.07, 6.45) is -0.0869. The van der Waals surface area contributed by atoms with Gasteiger partial charge in [0, 0.05) is 11.4 Å². The Labute approximate surface area is 90.2 Å². The maximum Gasteiger partial charge on any atom is 0.310 e. The zero-order valence-corrected chi connectivity index (χ0v) is 9.23. The lowest BCUT2D eigenvalue weighted by Crippen LogP contribution is -2.13. The molecule has 0 bridgehead atoms. The average molecular weight is 260 g/mol. The first-order valence-electron chi connectivity index (χ1n) is 4.11. The number of nitro benzene ring substituents is 1. The van der Waals surface area contributed by atoms with Crippen molar-refractivity contribution in [3.05, 3.63) is 34.4 Å². The molecule has 0 aliphatic heterocycles. The minimum atomic E-state index is -0.448. The molecule has 4 nitrogen and oxygen atoms in total. The van der Waals surface area contributed by atoms with Gasteiger partial charge in [-0.2, -0.15) is 0 Å². The van der Waals surface area contributed by atoms with Crippen LogP contribution in [0.5, 0.6) is 5.75 Å². The highest BCUT2D eigenvalue weighted by Gasteiger charge is 2.15. The summed E-state index contributed by atoms with van der Waals surface area (Å²) >= 11 is 3.24. The van der Waals surface area contributed by atoms with Crippen LogP contribution in [-0.2, 0) is 0 Å². The molecule has 0 heterocycles. The Morgan fingerprint density at radius 1 is 1.57 bits per heavy atom. The molecule has 0 aliphatic rings. The van der Waals surface area contributed by atoms with Gasteiger partial charge in [-0.1, -0.05) is 28.1 Å². The van der Waals surface area contributed by atoms with Gasteiger partial charge in [-0.05, 0) is 13.0 Å². The van der Waals surface area contributed by atoms with Crippen molar-refractivity contribution in [2.24, 2.45) is 0 Å². The largest absolute Gasteiger partial charge is 0.483 e.